The van der Waals surface area contributed by atoms with E-state index in [0.717, 1.165) is 25.7 Å². The van der Waals surface area contributed by atoms with Crippen LogP contribution >= 0.6 is 0 Å². The second kappa shape index (κ2) is 5.60. The molecule has 7 heteroatoms. The fourth-order valence-corrected chi connectivity index (χ4v) is 2.52. The molecule has 0 aliphatic heterocycles. The number of rotatable bonds is 4. The molecule has 0 bridgehead atoms. The molecule has 0 spiro atoms. The van der Waals surface area contributed by atoms with Gasteiger partial charge in [0, 0.05) is 5.54 Å². The zero-order valence-electron chi connectivity index (χ0n) is 11.8. The van der Waals surface area contributed by atoms with Gasteiger partial charge in [0.1, 0.15) is 6.54 Å². The van der Waals surface area contributed by atoms with E-state index >= 15 is 0 Å². The molecule has 1 heterocycles. The van der Waals surface area contributed by atoms with Crippen LogP contribution in [-0.4, -0.2) is 37.5 Å². The number of carbonyl (C=O) groups is 2. The molecule has 7 nitrogen and oxygen atoms in total. The second-order valence-corrected chi connectivity index (χ2v) is 5.90. The molecule has 0 saturated heterocycles. The molecule has 1 fully saturated rings. The maximum Gasteiger partial charge on any atom is 0.358 e. The van der Waals surface area contributed by atoms with E-state index in [1.54, 1.807) is 0 Å². The summed E-state index contributed by atoms with van der Waals surface area (Å²) in [5, 5.41) is 18.9. The largest absolute Gasteiger partial charge is 0.476 e. The standard InChI is InChI=1S/C13H20N4O3/c1-9-3-5-13(2,6-4-9)14-11(18)8-17-7-10(12(19)20)15-16-17/h7,9H,3-6,8H2,1-2H3,(H,14,18)(H,19,20). The predicted octanol–water partition coefficient (Wildman–Crippen LogP) is 1.06. The minimum absolute atomic E-state index is 0.00851. The summed E-state index contributed by atoms with van der Waals surface area (Å²) in [6.45, 7) is 4.27. The number of nitrogens with zero attached hydrogens (tertiary/aromatic N) is 3. The Morgan fingerprint density at radius 1 is 1.50 bits per heavy atom. The maximum absolute atomic E-state index is 12.0. The monoisotopic (exact) mass is 280 g/mol. The summed E-state index contributed by atoms with van der Waals surface area (Å²) < 4.78 is 1.24. The van der Waals surface area contributed by atoms with Crippen LogP contribution in [0, 0.1) is 5.92 Å². The van der Waals surface area contributed by atoms with Crippen molar-refractivity contribution in [1.82, 2.24) is 20.3 Å². The number of hydrogen-bond acceptors (Lipinski definition) is 4. The molecule has 0 aromatic carbocycles. The van der Waals surface area contributed by atoms with E-state index < -0.39 is 5.97 Å². The topological polar surface area (TPSA) is 97.1 Å². The molecule has 2 N–H and O–H groups in total. The van der Waals surface area contributed by atoms with E-state index in [4.69, 9.17) is 5.11 Å². The van der Waals surface area contributed by atoms with Crippen molar-refractivity contribution in [1.29, 1.82) is 0 Å². The summed E-state index contributed by atoms with van der Waals surface area (Å²) in [6.07, 6.45) is 5.43. The lowest BCUT2D eigenvalue weighted by molar-refractivity contribution is -0.124. The SMILES string of the molecule is CC1CCC(C)(NC(=O)Cn2cc(C(=O)O)nn2)CC1. The van der Waals surface area contributed by atoms with Crippen molar-refractivity contribution in [3.05, 3.63) is 11.9 Å². The predicted molar refractivity (Wildman–Crippen MR) is 71.2 cm³/mol. The average Bonchev–Trinajstić information content (AvgIpc) is 2.81. The van der Waals surface area contributed by atoms with Crippen LogP contribution in [0.1, 0.15) is 50.0 Å². The van der Waals surface area contributed by atoms with Gasteiger partial charge in [0.25, 0.3) is 0 Å². The quantitative estimate of drug-likeness (QED) is 0.859. The van der Waals surface area contributed by atoms with Crippen molar-refractivity contribution < 1.29 is 14.7 Å². The zero-order valence-corrected chi connectivity index (χ0v) is 11.8. The van der Waals surface area contributed by atoms with Gasteiger partial charge in [-0.15, -0.1) is 5.10 Å². The second-order valence-electron chi connectivity index (χ2n) is 5.90. The van der Waals surface area contributed by atoms with Gasteiger partial charge in [0.05, 0.1) is 6.20 Å². The molecule has 0 radical (unpaired) electrons. The highest BCUT2D eigenvalue weighted by Crippen LogP contribution is 2.31. The van der Waals surface area contributed by atoms with E-state index in [-0.39, 0.29) is 23.7 Å². The van der Waals surface area contributed by atoms with Gasteiger partial charge in [0.2, 0.25) is 5.91 Å². The molecule has 1 aromatic heterocycles. The van der Waals surface area contributed by atoms with Crippen LogP contribution in [0.4, 0.5) is 0 Å². The maximum atomic E-state index is 12.0. The number of carboxylic acids is 1. The highest BCUT2D eigenvalue weighted by molar-refractivity contribution is 5.84. The molecule has 2 rings (SSSR count). The van der Waals surface area contributed by atoms with Crippen molar-refractivity contribution in [3.8, 4) is 0 Å². The zero-order chi connectivity index (χ0) is 14.8. The Morgan fingerprint density at radius 3 is 2.70 bits per heavy atom. The van der Waals surface area contributed by atoms with Gasteiger partial charge >= 0.3 is 5.97 Å². The van der Waals surface area contributed by atoms with E-state index in [0.29, 0.717) is 5.92 Å². The number of aromatic nitrogens is 3. The summed E-state index contributed by atoms with van der Waals surface area (Å²) in [5.41, 5.74) is -0.324. The molecule has 20 heavy (non-hydrogen) atoms. The van der Waals surface area contributed by atoms with Gasteiger partial charge in [0.15, 0.2) is 5.69 Å². The number of carbonyl (C=O) groups excluding carboxylic acids is 1. The molecule has 1 saturated carbocycles. The number of hydrogen-bond donors (Lipinski definition) is 2. The van der Waals surface area contributed by atoms with E-state index in [2.05, 4.69) is 29.5 Å². The minimum Gasteiger partial charge on any atom is -0.476 e. The van der Waals surface area contributed by atoms with Crippen LogP contribution in [-0.2, 0) is 11.3 Å². The summed E-state index contributed by atoms with van der Waals surface area (Å²) in [5.74, 6) is -0.595. The van der Waals surface area contributed by atoms with Gasteiger partial charge in [-0.1, -0.05) is 12.1 Å². The fourth-order valence-electron chi connectivity index (χ4n) is 2.52. The van der Waals surface area contributed by atoms with Gasteiger partial charge in [-0.05, 0) is 38.5 Å². The first kappa shape index (κ1) is 14.5. The summed E-state index contributed by atoms with van der Waals surface area (Å²) >= 11 is 0. The molecule has 110 valence electrons. The van der Waals surface area contributed by atoms with E-state index in [1.807, 2.05) is 0 Å². The molecule has 1 aliphatic rings. The molecule has 0 atom stereocenters. The molecular formula is C13H20N4O3. The van der Waals surface area contributed by atoms with Crippen LogP contribution in [0.2, 0.25) is 0 Å². The summed E-state index contributed by atoms with van der Waals surface area (Å²) in [4.78, 5) is 22.7. The van der Waals surface area contributed by atoms with Crippen LogP contribution < -0.4 is 5.32 Å². The van der Waals surface area contributed by atoms with Crippen molar-refractivity contribution in [2.45, 2.75) is 51.6 Å². The Kier molecular flexibility index (Phi) is 4.06. The van der Waals surface area contributed by atoms with Gasteiger partial charge in [-0.3, -0.25) is 4.79 Å². The molecular weight excluding hydrogens is 260 g/mol. The molecule has 0 unspecified atom stereocenters. The first-order chi connectivity index (χ1) is 9.38. The summed E-state index contributed by atoms with van der Waals surface area (Å²) in [6, 6.07) is 0. The van der Waals surface area contributed by atoms with Crippen molar-refractivity contribution in [3.63, 3.8) is 0 Å². The third-order valence-electron chi connectivity index (χ3n) is 3.88. The summed E-state index contributed by atoms with van der Waals surface area (Å²) in [7, 11) is 0. The Bertz CT molecular complexity index is 503. The van der Waals surface area contributed by atoms with Crippen molar-refractivity contribution in [2.75, 3.05) is 0 Å². The van der Waals surface area contributed by atoms with Crippen LogP contribution in [0.3, 0.4) is 0 Å². The number of carboxylic acid groups (broad SMARTS) is 1. The van der Waals surface area contributed by atoms with Crippen LogP contribution in [0.25, 0.3) is 0 Å². The average molecular weight is 280 g/mol. The Balaban J connectivity index is 1.90. The minimum atomic E-state index is -1.15. The number of amides is 1. The normalized spacial score (nSPS) is 26.2. The Morgan fingerprint density at radius 2 is 2.15 bits per heavy atom. The van der Waals surface area contributed by atoms with E-state index in [9.17, 15) is 9.59 Å². The van der Waals surface area contributed by atoms with Crippen molar-refractivity contribution in [2.24, 2.45) is 5.92 Å². The van der Waals surface area contributed by atoms with E-state index in [1.165, 1.54) is 10.9 Å². The highest BCUT2D eigenvalue weighted by atomic mass is 16.4. The van der Waals surface area contributed by atoms with Gasteiger partial charge < -0.3 is 10.4 Å². The lowest BCUT2D eigenvalue weighted by Gasteiger charge is -2.37. The fraction of sp³-hybridized carbons (Fsp3) is 0.692. The Hall–Kier alpha value is -1.92. The molecule has 1 aliphatic carbocycles. The third kappa shape index (κ3) is 3.55. The van der Waals surface area contributed by atoms with Crippen LogP contribution in [0.15, 0.2) is 6.20 Å². The highest BCUT2D eigenvalue weighted by Gasteiger charge is 2.30. The number of aromatic carboxylic acids is 1. The number of nitrogens with one attached hydrogen (secondary N) is 1. The van der Waals surface area contributed by atoms with Gasteiger partial charge in [-0.2, -0.15) is 0 Å². The lowest BCUT2D eigenvalue weighted by atomic mass is 9.78. The third-order valence-corrected chi connectivity index (χ3v) is 3.88. The molecule has 1 amide bonds. The van der Waals surface area contributed by atoms with Crippen molar-refractivity contribution >= 4 is 11.9 Å². The first-order valence-corrected chi connectivity index (χ1v) is 6.82. The van der Waals surface area contributed by atoms with Gasteiger partial charge in [-0.25, -0.2) is 9.48 Å². The van der Waals surface area contributed by atoms with Crippen LogP contribution in [0.5, 0.6) is 0 Å². The smallest absolute Gasteiger partial charge is 0.358 e. The lowest BCUT2D eigenvalue weighted by Crippen LogP contribution is -2.49. The Labute approximate surface area is 117 Å². The molecule has 1 aromatic rings. The first-order valence-electron chi connectivity index (χ1n) is 6.82.